The van der Waals surface area contributed by atoms with Crippen molar-refractivity contribution in [2.75, 3.05) is 27.3 Å². The summed E-state index contributed by atoms with van der Waals surface area (Å²) in [6.45, 7) is -0.453. The zero-order chi connectivity index (χ0) is 19.5. The summed E-state index contributed by atoms with van der Waals surface area (Å²) in [6, 6.07) is 0. The van der Waals surface area contributed by atoms with Crippen molar-refractivity contribution in [3.63, 3.8) is 0 Å². The SMILES string of the molecule is CN(C)[C@@H]1O[C@H](COP(=O)([O-])OP(=O)([O-])O[C@@H]2CCCCO2)C(O)C1O. The quantitative estimate of drug-likeness (QED) is 0.438. The fourth-order valence-electron chi connectivity index (χ4n) is 2.56. The van der Waals surface area contributed by atoms with Crippen LogP contribution in [-0.4, -0.2) is 73.3 Å². The number of likely N-dealkylation sites (N-methyl/N-ethyl adjacent to an activating group) is 1. The Balaban J connectivity index is 1.86. The van der Waals surface area contributed by atoms with Gasteiger partial charge in [-0.25, -0.2) is 4.31 Å². The molecule has 0 aromatic heterocycles. The highest BCUT2D eigenvalue weighted by atomic mass is 31.3. The Labute approximate surface area is 150 Å². The normalized spacial score (nSPS) is 37.4. The fraction of sp³-hybridized carbons (Fsp3) is 1.00. The van der Waals surface area contributed by atoms with Gasteiger partial charge in [0, 0.05) is 6.61 Å². The van der Waals surface area contributed by atoms with Gasteiger partial charge >= 0.3 is 0 Å². The van der Waals surface area contributed by atoms with Crippen LogP contribution in [0, 0.1) is 0 Å². The Bertz CT molecular complexity index is 555. The van der Waals surface area contributed by atoms with Crippen molar-refractivity contribution in [2.24, 2.45) is 0 Å². The maximum Gasteiger partial charge on any atom is 0.276 e. The number of rotatable bonds is 8. The second-order valence-corrected chi connectivity index (χ2v) is 9.09. The number of ether oxygens (including phenoxy) is 2. The number of aliphatic hydroxyl groups is 2. The predicted octanol–water partition coefficient (Wildman–Crippen LogP) is -1.49. The molecule has 0 amide bonds. The minimum absolute atomic E-state index is 0.283. The van der Waals surface area contributed by atoms with Crippen LogP contribution in [0.15, 0.2) is 0 Å². The first-order valence-corrected chi connectivity index (χ1v) is 10.9. The molecule has 2 N–H and O–H groups in total. The Kier molecular flexibility index (Phi) is 7.77. The molecule has 26 heavy (non-hydrogen) atoms. The molecule has 12 nitrogen and oxygen atoms in total. The van der Waals surface area contributed by atoms with Gasteiger partial charge in [0.15, 0.2) is 6.29 Å². The number of hydrogen-bond donors (Lipinski definition) is 2. The minimum Gasteiger partial charge on any atom is -0.756 e. The van der Waals surface area contributed by atoms with E-state index in [0.717, 1.165) is 6.42 Å². The third-order valence-corrected chi connectivity index (χ3v) is 6.39. The lowest BCUT2D eigenvalue weighted by atomic mass is 10.1. The van der Waals surface area contributed by atoms with Crippen LogP contribution < -0.4 is 9.79 Å². The molecule has 2 aliphatic rings. The van der Waals surface area contributed by atoms with E-state index in [9.17, 15) is 29.1 Å². The summed E-state index contributed by atoms with van der Waals surface area (Å²) in [4.78, 5) is 24.9. The highest BCUT2D eigenvalue weighted by Gasteiger charge is 2.44. The Hall–Kier alpha value is 0.0600. The van der Waals surface area contributed by atoms with Gasteiger partial charge in [-0.2, -0.15) is 0 Å². The van der Waals surface area contributed by atoms with Crippen molar-refractivity contribution in [1.82, 2.24) is 4.90 Å². The molecule has 4 unspecified atom stereocenters. The van der Waals surface area contributed by atoms with Gasteiger partial charge in [-0.3, -0.25) is 18.6 Å². The molecule has 0 bridgehead atoms. The van der Waals surface area contributed by atoms with Crippen molar-refractivity contribution >= 4 is 15.6 Å². The van der Waals surface area contributed by atoms with Crippen LogP contribution in [0.4, 0.5) is 0 Å². The van der Waals surface area contributed by atoms with Crippen molar-refractivity contribution in [2.45, 2.75) is 50.1 Å². The Morgan fingerprint density at radius 1 is 1.15 bits per heavy atom. The summed E-state index contributed by atoms with van der Waals surface area (Å²) in [7, 11) is -7.38. The standard InChI is InChI=1S/C12H25NO11P2/c1-13(2)12-11(15)10(14)8(22-12)7-21-25(16,17)24-26(18,19)23-9-5-3-4-6-20-9/h8-12,14-15H,3-7H2,1-2H3,(H,16,17)(H,18,19)/p-2/t8-,9-,10?,11?,12-/m1/s1. The highest BCUT2D eigenvalue weighted by Crippen LogP contribution is 2.56. The molecule has 154 valence electrons. The highest BCUT2D eigenvalue weighted by molar-refractivity contribution is 7.59. The van der Waals surface area contributed by atoms with E-state index in [1.54, 1.807) is 14.1 Å². The van der Waals surface area contributed by atoms with Gasteiger partial charge in [-0.05, 0) is 33.4 Å². The third kappa shape index (κ3) is 6.30. The van der Waals surface area contributed by atoms with Crippen LogP contribution in [0.5, 0.6) is 0 Å². The largest absolute Gasteiger partial charge is 0.756 e. The monoisotopic (exact) mass is 419 g/mol. The van der Waals surface area contributed by atoms with Gasteiger partial charge in [0.2, 0.25) is 0 Å². The van der Waals surface area contributed by atoms with E-state index >= 15 is 0 Å². The molecule has 0 spiro atoms. The average molecular weight is 419 g/mol. The molecular formula is C12H23NO11P2-2. The Morgan fingerprint density at radius 3 is 2.38 bits per heavy atom. The van der Waals surface area contributed by atoms with E-state index in [1.165, 1.54) is 4.90 Å². The molecule has 2 rings (SSSR count). The Morgan fingerprint density at radius 2 is 1.85 bits per heavy atom. The zero-order valence-electron chi connectivity index (χ0n) is 14.3. The molecule has 14 heteroatoms. The van der Waals surface area contributed by atoms with Crippen molar-refractivity contribution in [1.29, 1.82) is 0 Å². The number of phosphoric acid groups is 2. The first kappa shape index (κ1) is 22.4. The van der Waals surface area contributed by atoms with Gasteiger partial charge < -0.3 is 34.0 Å². The van der Waals surface area contributed by atoms with Crippen molar-refractivity contribution in [3.05, 3.63) is 0 Å². The van der Waals surface area contributed by atoms with E-state index in [0.29, 0.717) is 13.0 Å². The molecule has 0 aliphatic carbocycles. The van der Waals surface area contributed by atoms with E-state index < -0.39 is 53.1 Å². The van der Waals surface area contributed by atoms with Crippen molar-refractivity contribution in [3.8, 4) is 0 Å². The first-order valence-electron chi connectivity index (χ1n) is 7.97. The lowest BCUT2D eigenvalue weighted by molar-refractivity contribution is -0.258. The molecule has 2 saturated heterocycles. The first-order chi connectivity index (χ1) is 12.0. The molecule has 0 aromatic rings. The number of phosphoric ester groups is 2. The molecule has 0 aromatic carbocycles. The lowest BCUT2D eigenvalue weighted by Gasteiger charge is -2.34. The summed E-state index contributed by atoms with van der Waals surface area (Å²) in [5.41, 5.74) is 0. The van der Waals surface area contributed by atoms with Gasteiger partial charge in [0.05, 0.1) is 6.61 Å². The van der Waals surface area contributed by atoms with Crippen LogP contribution in [-0.2, 0) is 32.0 Å². The number of aliphatic hydroxyl groups excluding tert-OH is 2. The number of hydrogen-bond acceptors (Lipinski definition) is 12. The fourth-order valence-corrected chi connectivity index (χ4v) is 4.67. The van der Waals surface area contributed by atoms with Crippen LogP contribution in [0.1, 0.15) is 19.3 Å². The van der Waals surface area contributed by atoms with E-state index in [4.69, 9.17) is 9.47 Å². The summed E-state index contributed by atoms with van der Waals surface area (Å²) in [5, 5.41) is 19.7. The summed E-state index contributed by atoms with van der Waals surface area (Å²) in [6.07, 6.45) is -4.19. The van der Waals surface area contributed by atoms with Gasteiger partial charge in [0.25, 0.3) is 15.6 Å². The molecule has 2 fully saturated rings. The molecular weight excluding hydrogens is 396 g/mol. The van der Waals surface area contributed by atoms with Crippen LogP contribution in [0.2, 0.25) is 0 Å². The maximum atomic E-state index is 11.7. The van der Waals surface area contributed by atoms with Gasteiger partial charge in [-0.1, -0.05) is 0 Å². The van der Waals surface area contributed by atoms with Crippen LogP contribution in [0.3, 0.4) is 0 Å². The second-order valence-electron chi connectivity index (χ2n) is 6.18. The summed E-state index contributed by atoms with van der Waals surface area (Å²) < 4.78 is 46.7. The lowest BCUT2D eigenvalue weighted by Crippen LogP contribution is -2.40. The second kappa shape index (κ2) is 9.04. The smallest absolute Gasteiger partial charge is 0.276 e. The van der Waals surface area contributed by atoms with E-state index in [1.807, 2.05) is 0 Å². The predicted molar refractivity (Wildman–Crippen MR) is 81.3 cm³/mol. The third-order valence-electron chi connectivity index (χ3n) is 3.83. The summed E-state index contributed by atoms with van der Waals surface area (Å²) in [5.74, 6) is 0. The number of nitrogens with zero attached hydrogens (tertiary/aromatic N) is 1. The molecule has 2 aliphatic heterocycles. The maximum absolute atomic E-state index is 11.7. The molecule has 2 heterocycles. The van der Waals surface area contributed by atoms with Crippen molar-refractivity contribution < 1.29 is 52.0 Å². The molecule has 0 saturated carbocycles. The summed E-state index contributed by atoms with van der Waals surface area (Å²) >= 11 is 0. The topological polar surface area (TPSA) is 170 Å². The molecule has 0 radical (unpaired) electrons. The van der Waals surface area contributed by atoms with Gasteiger partial charge in [-0.15, -0.1) is 0 Å². The average Bonchev–Trinajstić information content (AvgIpc) is 2.80. The minimum atomic E-state index is -5.32. The zero-order valence-corrected chi connectivity index (χ0v) is 16.1. The van der Waals surface area contributed by atoms with Crippen LogP contribution >= 0.6 is 15.6 Å². The van der Waals surface area contributed by atoms with E-state index in [2.05, 4.69) is 13.4 Å². The molecule has 7 atom stereocenters. The van der Waals surface area contributed by atoms with E-state index in [-0.39, 0.29) is 6.42 Å². The van der Waals surface area contributed by atoms with Gasteiger partial charge in [0.1, 0.15) is 24.5 Å². The van der Waals surface area contributed by atoms with Crippen LogP contribution in [0.25, 0.3) is 0 Å².